The summed E-state index contributed by atoms with van der Waals surface area (Å²) in [6, 6.07) is 14.8. The van der Waals surface area contributed by atoms with E-state index in [1.807, 2.05) is 30.3 Å². The van der Waals surface area contributed by atoms with Crippen molar-refractivity contribution in [1.29, 1.82) is 0 Å². The predicted molar refractivity (Wildman–Crippen MR) is 80.9 cm³/mol. The quantitative estimate of drug-likeness (QED) is 0.733. The van der Waals surface area contributed by atoms with E-state index in [2.05, 4.69) is 4.98 Å². The zero-order valence-electron chi connectivity index (χ0n) is 11.2. The van der Waals surface area contributed by atoms with Crippen molar-refractivity contribution in [3.05, 3.63) is 54.1 Å². The van der Waals surface area contributed by atoms with E-state index in [0.717, 1.165) is 5.56 Å². The van der Waals surface area contributed by atoms with Gasteiger partial charge in [-0.1, -0.05) is 30.3 Å². The van der Waals surface area contributed by atoms with Gasteiger partial charge in [0.1, 0.15) is 22.3 Å². The number of nitrogens with two attached hydrogens (primary N) is 1. The van der Waals surface area contributed by atoms with Crippen molar-refractivity contribution in [3.8, 4) is 0 Å². The minimum atomic E-state index is -1.44. The largest absolute Gasteiger partial charge is 0.430 e. The van der Waals surface area contributed by atoms with Crippen LogP contribution in [0.4, 0.5) is 5.69 Å². The third kappa shape index (κ3) is 3.29. The summed E-state index contributed by atoms with van der Waals surface area (Å²) in [4.78, 5) is 4.17. The fourth-order valence-electron chi connectivity index (χ4n) is 1.88. The Morgan fingerprint density at radius 1 is 1.19 bits per heavy atom. The normalized spacial score (nSPS) is 12.6. The average Bonchev–Trinajstić information content (AvgIpc) is 2.91. The smallest absolute Gasteiger partial charge is 0.290 e. The van der Waals surface area contributed by atoms with Crippen molar-refractivity contribution >= 4 is 27.6 Å². The van der Waals surface area contributed by atoms with Gasteiger partial charge in [0.15, 0.2) is 5.58 Å². The molecular formula is C15H14N2O3S. The van der Waals surface area contributed by atoms with Crippen LogP contribution >= 0.6 is 0 Å². The molecule has 2 N–H and O–H groups in total. The van der Waals surface area contributed by atoms with E-state index in [0.29, 0.717) is 23.4 Å². The summed E-state index contributed by atoms with van der Waals surface area (Å²) >= 11 is 0. The van der Waals surface area contributed by atoms with Crippen LogP contribution in [0.25, 0.3) is 11.1 Å². The van der Waals surface area contributed by atoms with Crippen LogP contribution in [0.3, 0.4) is 0 Å². The van der Waals surface area contributed by atoms with Crippen molar-refractivity contribution in [2.24, 2.45) is 0 Å². The number of ether oxygens (including phenoxy) is 1. The molecule has 0 aliphatic heterocycles. The fraction of sp³-hybridized carbons (Fsp3) is 0.133. The monoisotopic (exact) mass is 302 g/mol. The standard InChI is InChI=1S/C15H14N2O3S/c16-12-6-7-14-13(8-12)17-15(20-14)21(18)10-19-9-11-4-2-1-3-5-11/h1-8H,9-10,16H2. The van der Waals surface area contributed by atoms with Crippen molar-refractivity contribution < 1.29 is 13.4 Å². The van der Waals surface area contributed by atoms with Crippen LogP contribution in [-0.4, -0.2) is 15.1 Å². The first-order chi connectivity index (χ1) is 10.2. The summed E-state index contributed by atoms with van der Waals surface area (Å²) < 4.78 is 23.0. The van der Waals surface area contributed by atoms with E-state index in [9.17, 15) is 4.21 Å². The molecule has 3 aromatic rings. The van der Waals surface area contributed by atoms with Gasteiger partial charge in [0.2, 0.25) is 0 Å². The summed E-state index contributed by atoms with van der Waals surface area (Å²) in [6.45, 7) is 0.403. The Hall–Kier alpha value is -2.18. The van der Waals surface area contributed by atoms with Crippen LogP contribution in [0, 0.1) is 0 Å². The zero-order chi connectivity index (χ0) is 14.7. The number of benzene rings is 2. The first kappa shape index (κ1) is 13.8. The highest BCUT2D eigenvalue weighted by atomic mass is 32.2. The molecule has 108 valence electrons. The SMILES string of the molecule is Nc1ccc2oc(S(=O)COCc3ccccc3)nc2c1. The van der Waals surface area contributed by atoms with Crippen molar-refractivity contribution in [3.63, 3.8) is 0 Å². The Balaban J connectivity index is 1.64. The second-order valence-corrected chi connectivity index (χ2v) is 5.78. The third-order valence-electron chi connectivity index (χ3n) is 2.89. The Labute approximate surface area is 124 Å². The molecule has 1 unspecified atom stereocenters. The van der Waals surface area contributed by atoms with E-state index in [1.165, 1.54) is 0 Å². The average molecular weight is 302 g/mol. The topological polar surface area (TPSA) is 78.3 Å². The van der Waals surface area contributed by atoms with Gasteiger partial charge in [-0.05, 0) is 23.8 Å². The summed E-state index contributed by atoms with van der Waals surface area (Å²) in [6.07, 6.45) is 0. The van der Waals surface area contributed by atoms with Crippen molar-refractivity contribution in [1.82, 2.24) is 4.98 Å². The molecule has 6 heteroatoms. The zero-order valence-corrected chi connectivity index (χ0v) is 12.0. The van der Waals surface area contributed by atoms with Crippen LogP contribution in [0.15, 0.2) is 58.2 Å². The lowest BCUT2D eigenvalue weighted by molar-refractivity contribution is 0.165. The molecule has 0 aliphatic rings. The molecule has 5 nitrogen and oxygen atoms in total. The maximum absolute atomic E-state index is 12.1. The van der Waals surface area contributed by atoms with E-state index in [4.69, 9.17) is 14.9 Å². The summed E-state index contributed by atoms with van der Waals surface area (Å²) in [5.41, 5.74) is 8.45. The number of hydrogen-bond acceptors (Lipinski definition) is 5. The number of rotatable bonds is 5. The Kier molecular flexibility index (Phi) is 3.98. The number of nitrogens with zero attached hydrogens (tertiary/aromatic N) is 1. The first-order valence-electron chi connectivity index (χ1n) is 6.38. The molecule has 0 aliphatic carbocycles. The van der Waals surface area contributed by atoms with Gasteiger partial charge >= 0.3 is 0 Å². The maximum Gasteiger partial charge on any atom is 0.290 e. The van der Waals surface area contributed by atoms with E-state index in [1.54, 1.807) is 18.2 Å². The minimum Gasteiger partial charge on any atom is -0.430 e. The Bertz CT molecular complexity index is 771. The molecule has 0 fully saturated rings. The van der Waals surface area contributed by atoms with Gasteiger partial charge < -0.3 is 14.9 Å². The van der Waals surface area contributed by atoms with Gasteiger partial charge in [-0.3, -0.25) is 0 Å². The predicted octanol–water partition coefficient (Wildman–Crippen LogP) is 2.69. The van der Waals surface area contributed by atoms with Crippen LogP contribution in [0.1, 0.15) is 5.56 Å². The van der Waals surface area contributed by atoms with Gasteiger partial charge in [-0.15, -0.1) is 0 Å². The molecule has 0 spiro atoms. The van der Waals surface area contributed by atoms with E-state index in [-0.39, 0.29) is 11.2 Å². The summed E-state index contributed by atoms with van der Waals surface area (Å²) in [7, 11) is -1.44. The molecule has 0 saturated carbocycles. The fourth-order valence-corrected chi connectivity index (χ4v) is 2.60. The van der Waals surface area contributed by atoms with Crippen molar-refractivity contribution in [2.45, 2.75) is 11.8 Å². The Morgan fingerprint density at radius 2 is 2.00 bits per heavy atom. The third-order valence-corrected chi connectivity index (χ3v) is 3.83. The first-order valence-corrected chi connectivity index (χ1v) is 7.70. The number of aromatic nitrogens is 1. The van der Waals surface area contributed by atoms with Crippen LogP contribution in [0.2, 0.25) is 0 Å². The lowest BCUT2D eigenvalue weighted by atomic mass is 10.2. The molecule has 2 aromatic carbocycles. The molecule has 21 heavy (non-hydrogen) atoms. The van der Waals surface area contributed by atoms with Crippen molar-refractivity contribution in [2.75, 3.05) is 11.7 Å². The molecule has 0 bridgehead atoms. The molecular weight excluding hydrogens is 288 g/mol. The lowest BCUT2D eigenvalue weighted by Crippen LogP contribution is -2.03. The minimum absolute atomic E-state index is 0.0389. The lowest BCUT2D eigenvalue weighted by Gasteiger charge is -2.02. The van der Waals surface area contributed by atoms with Crippen LogP contribution in [-0.2, 0) is 22.1 Å². The number of hydrogen-bond donors (Lipinski definition) is 1. The summed E-state index contributed by atoms with van der Waals surface area (Å²) in [5.74, 6) is 0.0389. The highest BCUT2D eigenvalue weighted by Crippen LogP contribution is 2.20. The number of nitrogen functional groups attached to an aromatic ring is 1. The van der Waals surface area contributed by atoms with Gasteiger partial charge in [0, 0.05) is 5.69 Å². The highest BCUT2D eigenvalue weighted by Gasteiger charge is 2.13. The van der Waals surface area contributed by atoms with Gasteiger partial charge in [-0.25, -0.2) is 9.19 Å². The molecule has 0 saturated heterocycles. The van der Waals surface area contributed by atoms with E-state index < -0.39 is 10.8 Å². The van der Waals surface area contributed by atoms with E-state index >= 15 is 0 Å². The molecule has 1 aromatic heterocycles. The summed E-state index contributed by atoms with van der Waals surface area (Å²) in [5, 5.41) is 0.156. The van der Waals surface area contributed by atoms with Gasteiger partial charge in [-0.2, -0.15) is 0 Å². The number of fused-ring (bicyclic) bond motifs is 1. The van der Waals surface area contributed by atoms with Gasteiger partial charge in [0.05, 0.1) is 6.61 Å². The molecule has 1 atom stereocenters. The second-order valence-electron chi connectivity index (χ2n) is 4.50. The molecule has 3 rings (SSSR count). The molecule has 0 amide bonds. The molecule has 0 radical (unpaired) electrons. The second kappa shape index (κ2) is 6.07. The van der Waals surface area contributed by atoms with Crippen LogP contribution < -0.4 is 5.73 Å². The highest BCUT2D eigenvalue weighted by molar-refractivity contribution is 7.84. The number of anilines is 1. The van der Waals surface area contributed by atoms with Crippen LogP contribution in [0.5, 0.6) is 0 Å². The molecule has 1 heterocycles. The Morgan fingerprint density at radius 3 is 2.81 bits per heavy atom. The van der Waals surface area contributed by atoms with Gasteiger partial charge in [0.25, 0.3) is 5.22 Å². The number of oxazole rings is 1. The maximum atomic E-state index is 12.1.